The highest BCUT2D eigenvalue weighted by atomic mass is 32.2. The molecule has 0 aromatic heterocycles. The number of thiocarbonyl (C=S) groups is 1. The predicted octanol–water partition coefficient (Wildman–Crippen LogP) is -0.241. The molecule has 1 heterocycles. The van der Waals surface area contributed by atoms with E-state index in [9.17, 15) is 0 Å². The van der Waals surface area contributed by atoms with Crippen LogP contribution in [0.25, 0.3) is 0 Å². The van der Waals surface area contributed by atoms with E-state index in [1.165, 1.54) is 0 Å². The molecule has 1 rings (SSSR count). The number of hydrogen-bond donors (Lipinski definition) is 1. The fourth-order valence-electron chi connectivity index (χ4n) is 0.284. The summed E-state index contributed by atoms with van der Waals surface area (Å²) in [5.41, 5.74) is 0. The summed E-state index contributed by atoms with van der Waals surface area (Å²) in [6, 6.07) is 0. The van der Waals surface area contributed by atoms with Crippen LogP contribution in [0.15, 0.2) is 0 Å². The first-order valence-electron chi connectivity index (χ1n) is 1.66. The molecule has 0 spiro atoms. The quantitative estimate of drug-likeness (QED) is 0.348. The van der Waals surface area contributed by atoms with Gasteiger partial charge in [0.15, 0.2) is 5.37 Å². The normalized spacial score (nSPS) is 18.3. The van der Waals surface area contributed by atoms with E-state index in [1.54, 1.807) is 11.4 Å². The average Bonchev–Trinajstić information content (AvgIpc) is 1.86. The van der Waals surface area contributed by atoms with E-state index in [1.807, 2.05) is 5.37 Å². The second kappa shape index (κ2) is 1.62. The van der Waals surface area contributed by atoms with Crippen molar-refractivity contribution in [2.24, 2.45) is 0 Å². The molecule has 1 nitrogen and oxygen atoms in total. The molecule has 0 aliphatic carbocycles. The molecule has 0 saturated heterocycles. The lowest BCUT2D eigenvalue weighted by Gasteiger charge is -1.72. The molecule has 1 N–H and O–H groups in total. The van der Waals surface area contributed by atoms with Gasteiger partial charge in [-0.3, -0.25) is 0 Å². The maximum Gasteiger partial charge on any atom is 0.364 e. The van der Waals surface area contributed by atoms with E-state index in [4.69, 9.17) is 12.2 Å². The second-order valence-corrected chi connectivity index (χ2v) is 2.60. The van der Waals surface area contributed by atoms with Gasteiger partial charge in [0.1, 0.15) is 0 Å². The second-order valence-electron chi connectivity index (χ2n) is 0.953. The van der Waals surface area contributed by atoms with Crippen LogP contribution in [-0.4, -0.2) is 16.2 Å². The van der Waals surface area contributed by atoms with E-state index in [0.717, 1.165) is 10.9 Å². The maximum atomic E-state index is 4.74. The minimum absolute atomic E-state index is 0.898. The van der Waals surface area contributed by atoms with Gasteiger partial charge in [-0.1, -0.05) is 0 Å². The third-order valence-corrected chi connectivity index (χ3v) is 1.64. The van der Waals surface area contributed by atoms with Gasteiger partial charge in [-0.25, -0.2) is 0 Å². The zero-order chi connectivity index (χ0) is 4.41. The molecular weight excluding hydrogens is 114 g/mol. The highest BCUT2D eigenvalue weighted by Gasteiger charge is 2.09. The van der Waals surface area contributed by atoms with Crippen molar-refractivity contribution in [3.05, 3.63) is 0 Å². The van der Waals surface area contributed by atoms with Crippen molar-refractivity contribution in [1.82, 2.24) is 5.32 Å². The standard InChI is InChI=1S/C3H3NS2/c5-3-4-1-2-6-3/h2H,1H2/p+1. The van der Waals surface area contributed by atoms with Crippen molar-refractivity contribution in [2.45, 2.75) is 0 Å². The largest absolute Gasteiger partial charge is 0.364 e. The summed E-state index contributed by atoms with van der Waals surface area (Å²) >= 11 is 6.33. The van der Waals surface area contributed by atoms with Crippen molar-refractivity contribution >= 4 is 33.3 Å². The molecular formula is C3H4NS2+. The molecule has 0 saturated carbocycles. The van der Waals surface area contributed by atoms with Gasteiger partial charge in [0, 0.05) is 12.2 Å². The van der Waals surface area contributed by atoms with Crippen LogP contribution in [0.3, 0.4) is 0 Å². The Morgan fingerprint density at radius 1 is 2.00 bits per heavy atom. The molecule has 3 heteroatoms. The minimum atomic E-state index is 0.898. The van der Waals surface area contributed by atoms with E-state index in [2.05, 4.69) is 5.32 Å². The Bertz CT molecular complexity index is 97.0. The fourth-order valence-corrected chi connectivity index (χ4v) is 1.06. The van der Waals surface area contributed by atoms with Crippen molar-refractivity contribution in [1.29, 1.82) is 0 Å². The molecule has 0 radical (unpaired) electrons. The van der Waals surface area contributed by atoms with Crippen LogP contribution in [0.5, 0.6) is 0 Å². The lowest BCUT2D eigenvalue weighted by molar-refractivity contribution is 1.16. The van der Waals surface area contributed by atoms with Crippen molar-refractivity contribution in [2.75, 3.05) is 6.54 Å². The van der Waals surface area contributed by atoms with E-state index in [-0.39, 0.29) is 0 Å². The average molecular weight is 118 g/mol. The van der Waals surface area contributed by atoms with Gasteiger partial charge >= 0.3 is 4.32 Å². The molecule has 0 atom stereocenters. The van der Waals surface area contributed by atoms with Crippen molar-refractivity contribution in [3.63, 3.8) is 0 Å². The van der Waals surface area contributed by atoms with Crippen LogP contribution in [0.2, 0.25) is 0 Å². The molecule has 0 aromatic rings. The molecule has 0 fully saturated rings. The van der Waals surface area contributed by atoms with E-state index in [0.29, 0.717) is 0 Å². The maximum absolute atomic E-state index is 4.74. The number of rotatable bonds is 0. The third-order valence-electron chi connectivity index (χ3n) is 0.520. The summed E-state index contributed by atoms with van der Waals surface area (Å²) in [5.74, 6) is 0. The minimum Gasteiger partial charge on any atom is -0.320 e. The lowest BCUT2D eigenvalue weighted by atomic mass is 10.8. The first-order valence-corrected chi connectivity index (χ1v) is 2.94. The summed E-state index contributed by atoms with van der Waals surface area (Å²) in [7, 11) is 0. The summed E-state index contributed by atoms with van der Waals surface area (Å²) in [4.78, 5) is 0. The molecule has 32 valence electrons. The highest BCUT2D eigenvalue weighted by Crippen LogP contribution is 1.73. The van der Waals surface area contributed by atoms with Crippen LogP contribution in [-0.2, 0) is 11.4 Å². The topological polar surface area (TPSA) is 12.0 Å². The summed E-state index contributed by atoms with van der Waals surface area (Å²) in [5, 5.41) is 5.00. The Kier molecular flexibility index (Phi) is 1.12. The Balaban J connectivity index is 2.59. The molecule has 0 aromatic carbocycles. The predicted molar refractivity (Wildman–Crippen MR) is 34.0 cm³/mol. The first kappa shape index (κ1) is 4.15. The van der Waals surface area contributed by atoms with Gasteiger partial charge in [0.25, 0.3) is 0 Å². The SMILES string of the molecule is S=C1NCC=[S+]1. The lowest BCUT2D eigenvalue weighted by Crippen LogP contribution is -2.12. The van der Waals surface area contributed by atoms with Gasteiger partial charge < -0.3 is 5.32 Å². The van der Waals surface area contributed by atoms with Crippen LogP contribution in [0, 0.1) is 0 Å². The monoisotopic (exact) mass is 118 g/mol. The Labute approximate surface area is 45.7 Å². The van der Waals surface area contributed by atoms with Gasteiger partial charge in [0.05, 0.1) is 6.54 Å². The first-order chi connectivity index (χ1) is 2.89. The van der Waals surface area contributed by atoms with Gasteiger partial charge in [-0.2, -0.15) is 0 Å². The van der Waals surface area contributed by atoms with Crippen LogP contribution < -0.4 is 5.32 Å². The molecule has 0 amide bonds. The van der Waals surface area contributed by atoms with Gasteiger partial charge in [-0.05, 0) is 0 Å². The Hall–Kier alpha value is -0.0200. The zero-order valence-electron chi connectivity index (χ0n) is 3.10. The van der Waals surface area contributed by atoms with Crippen molar-refractivity contribution in [3.8, 4) is 0 Å². The molecule has 6 heavy (non-hydrogen) atoms. The summed E-state index contributed by atoms with van der Waals surface area (Å²) in [6.07, 6.45) is 0. The van der Waals surface area contributed by atoms with Crippen molar-refractivity contribution < 1.29 is 0 Å². The number of nitrogens with one attached hydrogen (secondary N) is 1. The summed E-state index contributed by atoms with van der Waals surface area (Å²) in [6.45, 7) is 0.934. The zero-order valence-corrected chi connectivity index (χ0v) is 4.73. The van der Waals surface area contributed by atoms with Crippen LogP contribution in [0.4, 0.5) is 0 Å². The van der Waals surface area contributed by atoms with Crippen LogP contribution in [0.1, 0.15) is 0 Å². The smallest absolute Gasteiger partial charge is 0.320 e. The number of hydrogen-bond acceptors (Lipinski definition) is 1. The molecule has 0 unspecified atom stereocenters. The Morgan fingerprint density at radius 2 is 2.83 bits per heavy atom. The molecule has 1 aliphatic rings. The summed E-state index contributed by atoms with van der Waals surface area (Å²) < 4.78 is 0.898. The van der Waals surface area contributed by atoms with E-state index < -0.39 is 0 Å². The fraction of sp³-hybridized carbons (Fsp3) is 0.333. The molecule has 1 aliphatic heterocycles. The van der Waals surface area contributed by atoms with Crippen LogP contribution >= 0.6 is 12.2 Å². The third kappa shape index (κ3) is 0.725. The van der Waals surface area contributed by atoms with Gasteiger partial charge in [-0.15, -0.1) is 0 Å². The highest BCUT2D eigenvalue weighted by molar-refractivity contribution is 8.08. The van der Waals surface area contributed by atoms with E-state index >= 15 is 0 Å². The van der Waals surface area contributed by atoms with Gasteiger partial charge in [0.2, 0.25) is 11.4 Å². The molecule has 0 bridgehead atoms. The Morgan fingerprint density at radius 3 is 3.00 bits per heavy atom.